The Kier molecular flexibility index (Phi) is 14.1. The minimum atomic E-state index is -1.49. The Hall–Kier alpha value is -4.74. The maximum absolute atomic E-state index is 13.1. The van der Waals surface area contributed by atoms with Crippen molar-refractivity contribution < 1.29 is 39.0 Å². The van der Waals surface area contributed by atoms with Gasteiger partial charge in [0.05, 0.1) is 12.4 Å². The smallest absolute Gasteiger partial charge is 0.326 e. The lowest BCUT2D eigenvalue weighted by molar-refractivity contribution is -0.142. The number of guanidine groups is 1. The summed E-state index contributed by atoms with van der Waals surface area (Å²) in [5.41, 5.74) is 21.8. The quantitative estimate of drug-likeness (QED) is 0.0433. The number of aromatic nitrogens is 2. The molecule has 0 saturated heterocycles. The number of primary amides is 1. The highest BCUT2D eigenvalue weighted by Crippen LogP contribution is 2.06. The van der Waals surface area contributed by atoms with E-state index in [1.54, 1.807) is 0 Å². The van der Waals surface area contributed by atoms with Gasteiger partial charge < -0.3 is 54.1 Å². The Labute approximate surface area is 228 Å². The second-order valence-electron chi connectivity index (χ2n) is 8.80. The summed E-state index contributed by atoms with van der Waals surface area (Å²) in [6.07, 6.45) is 1.61. The molecule has 0 aromatic carbocycles. The number of H-pyrrole nitrogens is 1. The Bertz CT molecular complexity index is 1060. The lowest BCUT2D eigenvalue weighted by atomic mass is 10.1. The Morgan fingerprint density at radius 2 is 1.48 bits per heavy atom. The summed E-state index contributed by atoms with van der Waals surface area (Å²) in [5.74, 6) is -6.14. The van der Waals surface area contributed by atoms with E-state index in [1.807, 2.05) is 0 Å². The number of aliphatic imine (C=N–C) groups is 1. The fraction of sp³-hybridized carbons (Fsp3) is 0.545. The number of aliphatic carboxylic acids is 2. The number of nitrogens with zero attached hydrogens (tertiary/aromatic N) is 2. The first-order valence-corrected chi connectivity index (χ1v) is 12.2. The molecule has 0 radical (unpaired) electrons. The van der Waals surface area contributed by atoms with Crippen molar-refractivity contribution in [1.82, 2.24) is 25.9 Å². The highest BCUT2D eigenvalue weighted by molar-refractivity contribution is 5.94. The molecule has 0 bridgehead atoms. The summed E-state index contributed by atoms with van der Waals surface area (Å²) < 4.78 is 0. The molecule has 4 amide bonds. The number of hydrogen-bond donors (Lipinski definition) is 10. The molecule has 40 heavy (non-hydrogen) atoms. The van der Waals surface area contributed by atoms with E-state index in [0.717, 1.165) is 0 Å². The lowest BCUT2D eigenvalue weighted by Crippen LogP contribution is -2.57. The predicted molar refractivity (Wildman–Crippen MR) is 139 cm³/mol. The van der Waals surface area contributed by atoms with Crippen LogP contribution in [0.5, 0.6) is 0 Å². The van der Waals surface area contributed by atoms with Crippen LogP contribution in [-0.4, -0.2) is 92.4 Å². The zero-order valence-corrected chi connectivity index (χ0v) is 21.7. The van der Waals surface area contributed by atoms with Crippen molar-refractivity contribution in [1.29, 1.82) is 0 Å². The molecule has 0 spiro atoms. The van der Waals surface area contributed by atoms with Crippen LogP contribution < -0.4 is 38.9 Å². The second kappa shape index (κ2) is 17.0. The van der Waals surface area contributed by atoms with Crippen molar-refractivity contribution in [2.24, 2.45) is 27.9 Å². The van der Waals surface area contributed by atoms with E-state index < -0.39 is 66.2 Å². The molecule has 14 N–H and O–H groups in total. The van der Waals surface area contributed by atoms with Gasteiger partial charge in [-0.1, -0.05) is 0 Å². The summed E-state index contributed by atoms with van der Waals surface area (Å²) in [6, 6.07) is -5.32. The molecule has 222 valence electrons. The number of carbonyl (C=O) groups is 6. The number of aromatic amines is 1. The van der Waals surface area contributed by atoms with Gasteiger partial charge in [0, 0.05) is 37.7 Å². The van der Waals surface area contributed by atoms with Crippen LogP contribution in [0, 0.1) is 0 Å². The number of amides is 4. The standard InChI is InChI=1S/C22H36N10O8/c23-12(2-1-7-28-22(25)26)18(36)30-13(4-6-17(34)35)19(37)32-15(8-11-9-27-10-29-11)20(38)31-14(21(39)40)3-5-16(24)33/h9-10,12-15H,1-8,23H2,(H2,24,33)(H,27,29)(H,30,36)(H,31,38)(H,32,37)(H,34,35)(H,39,40)(H4,25,26,28). The van der Waals surface area contributed by atoms with E-state index in [2.05, 4.69) is 30.9 Å². The SMILES string of the molecule is NC(=O)CCC(NC(=O)C(Cc1cnc[nH]1)NC(=O)C(CCC(=O)O)NC(=O)C(N)CCCN=C(N)N)C(=O)O. The van der Waals surface area contributed by atoms with Crippen LogP contribution in [-0.2, 0) is 35.2 Å². The van der Waals surface area contributed by atoms with Crippen molar-refractivity contribution in [3.63, 3.8) is 0 Å². The van der Waals surface area contributed by atoms with Crippen LogP contribution in [0.15, 0.2) is 17.5 Å². The van der Waals surface area contributed by atoms with Crippen LogP contribution in [0.4, 0.5) is 0 Å². The first-order valence-electron chi connectivity index (χ1n) is 12.2. The fourth-order valence-electron chi connectivity index (χ4n) is 3.38. The average molecular weight is 569 g/mol. The van der Waals surface area contributed by atoms with Gasteiger partial charge in [-0.25, -0.2) is 9.78 Å². The van der Waals surface area contributed by atoms with Gasteiger partial charge in [0.1, 0.15) is 18.1 Å². The van der Waals surface area contributed by atoms with Crippen molar-refractivity contribution in [3.05, 3.63) is 18.2 Å². The maximum Gasteiger partial charge on any atom is 0.326 e. The Morgan fingerprint density at radius 1 is 0.875 bits per heavy atom. The van der Waals surface area contributed by atoms with E-state index in [1.165, 1.54) is 12.5 Å². The highest BCUT2D eigenvalue weighted by atomic mass is 16.4. The average Bonchev–Trinajstić information content (AvgIpc) is 3.38. The number of carboxylic acids is 2. The summed E-state index contributed by atoms with van der Waals surface area (Å²) in [4.78, 5) is 82.9. The van der Waals surface area contributed by atoms with E-state index >= 15 is 0 Å². The topological polar surface area (TPSA) is 324 Å². The maximum atomic E-state index is 13.1. The normalized spacial score (nSPS) is 13.6. The summed E-state index contributed by atoms with van der Waals surface area (Å²) in [5, 5.41) is 25.6. The third kappa shape index (κ3) is 13.2. The molecule has 0 fully saturated rings. The molecule has 1 heterocycles. The molecule has 1 aromatic rings. The van der Waals surface area contributed by atoms with Gasteiger partial charge in [-0.15, -0.1) is 0 Å². The van der Waals surface area contributed by atoms with Crippen LogP contribution in [0.3, 0.4) is 0 Å². The zero-order chi connectivity index (χ0) is 30.2. The van der Waals surface area contributed by atoms with E-state index in [-0.39, 0.29) is 44.6 Å². The number of nitrogens with two attached hydrogens (primary N) is 4. The number of imidazole rings is 1. The van der Waals surface area contributed by atoms with Crippen LogP contribution in [0.2, 0.25) is 0 Å². The third-order valence-electron chi connectivity index (χ3n) is 5.49. The van der Waals surface area contributed by atoms with Crippen LogP contribution in [0.1, 0.15) is 44.2 Å². The summed E-state index contributed by atoms with van der Waals surface area (Å²) in [7, 11) is 0. The first-order chi connectivity index (χ1) is 18.8. The monoisotopic (exact) mass is 568 g/mol. The van der Waals surface area contributed by atoms with Crippen molar-refractivity contribution in [2.45, 2.75) is 69.1 Å². The molecule has 18 nitrogen and oxygen atoms in total. The molecule has 18 heteroatoms. The Morgan fingerprint density at radius 3 is 2.02 bits per heavy atom. The molecule has 0 aliphatic heterocycles. The van der Waals surface area contributed by atoms with Crippen molar-refractivity contribution in [2.75, 3.05) is 6.54 Å². The summed E-state index contributed by atoms with van der Waals surface area (Å²) >= 11 is 0. The molecule has 0 aliphatic carbocycles. The second-order valence-corrected chi connectivity index (χ2v) is 8.80. The van der Waals surface area contributed by atoms with Gasteiger partial charge in [-0.2, -0.15) is 0 Å². The van der Waals surface area contributed by atoms with Gasteiger partial charge in [0.15, 0.2) is 5.96 Å². The number of hydrogen-bond acceptors (Lipinski definition) is 9. The van der Waals surface area contributed by atoms with Crippen LogP contribution in [0.25, 0.3) is 0 Å². The zero-order valence-electron chi connectivity index (χ0n) is 21.7. The number of rotatable bonds is 19. The molecule has 4 unspecified atom stereocenters. The number of carboxylic acid groups (broad SMARTS) is 2. The Balaban J connectivity index is 3.03. The fourth-order valence-corrected chi connectivity index (χ4v) is 3.38. The minimum absolute atomic E-state index is 0.125. The van der Waals surface area contributed by atoms with Crippen molar-refractivity contribution in [3.8, 4) is 0 Å². The largest absolute Gasteiger partial charge is 0.481 e. The molecule has 1 aromatic heterocycles. The van der Waals surface area contributed by atoms with Gasteiger partial charge >= 0.3 is 11.9 Å². The van der Waals surface area contributed by atoms with Crippen LogP contribution >= 0.6 is 0 Å². The molecular weight excluding hydrogens is 532 g/mol. The minimum Gasteiger partial charge on any atom is -0.481 e. The molecule has 0 saturated carbocycles. The highest BCUT2D eigenvalue weighted by Gasteiger charge is 2.31. The predicted octanol–water partition coefficient (Wildman–Crippen LogP) is -4.00. The molecule has 4 atom stereocenters. The van der Waals surface area contributed by atoms with E-state index in [4.69, 9.17) is 28.0 Å². The molecule has 0 aliphatic rings. The van der Waals surface area contributed by atoms with Gasteiger partial charge in [-0.3, -0.25) is 29.0 Å². The first kappa shape index (κ1) is 33.3. The van der Waals surface area contributed by atoms with Gasteiger partial charge in [0.2, 0.25) is 23.6 Å². The van der Waals surface area contributed by atoms with E-state index in [0.29, 0.717) is 12.1 Å². The lowest BCUT2D eigenvalue weighted by Gasteiger charge is -2.25. The van der Waals surface area contributed by atoms with E-state index in [9.17, 15) is 33.9 Å². The van der Waals surface area contributed by atoms with Crippen molar-refractivity contribution >= 4 is 41.5 Å². The summed E-state index contributed by atoms with van der Waals surface area (Å²) in [6.45, 7) is 0.216. The van der Waals surface area contributed by atoms with Gasteiger partial charge in [0.25, 0.3) is 0 Å². The van der Waals surface area contributed by atoms with Gasteiger partial charge in [-0.05, 0) is 25.7 Å². The molecular formula is C22H36N10O8. The third-order valence-corrected chi connectivity index (χ3v) is 5.49. The molecule has 1 rings (SSSR count). The number of nitrogens with one attached hydrogen (secondary N) is 4. The number of carbonyl (C=O) groups excluding carboxylic acids is 4.